The van der Waals surface area contributed by atoms with Crippen LogP contribution in [-0.4, -0.2) is 19.1 Å². The van der Waals surface area contributed by atoms with E-state index < -0.39 is 0 Å². The number of hydrogen-bond acceptors (Lipinski definition) is 3. The van der Waals surface area contributed by atoms with Gasteiger partial charge in [-0.3, -0.25) is 4.79 Å². The predicted octanol–water partition coefficient (Wildman–Crippen LogP) is 4.18. The largest absolute Gasteiger partial charge is 0.384 e. The van der Waals surface area contributed by atoms with Crippen molar-refractivity contribution in [2.45, 2.75) is 25.4 Å². The topological polar surface area (TPSA) is 50.4 Å². The van der Waals surface area contributed by atoms with E-state index in [1.165, 1.54) is 11.3 Å². The second-order valence-corrected chi connectivity index (χ2v) is 6.49. The summed E-state index contributed by atoms with van der Waals surface area (Å²) in [6, 6.07) is 16.1. The highest BCUT2D eigenvalue weighted by Gasteiger charge is 2.33. The van der Waals surface area contributed by atoms with Crippen molar-refractivity contribution in [1.82, 2.24) is 0 Å². The van der Waals surface area contributed by atoms with E-state index in [4.69, 9.17) is 4.74 Å². The third-order valence-corrected chi connectivity index (χ3v) is 4.87. The number of nitrogens with one attached hydrogen (secondary N) is 2. The van der Waals surface area contributed by atoms with Crippen LogP contribution in [0.25, 0.3) is 0 Å². The van der Waals surface area contributed by atoms with Gasteiger partial charge in [-0.15, -0.1) is 12.4 Å². The minimum atomic E-state index is -0.156. The van der Waals surface area contributed by atoms with Gasteiger partial charge in [0, 0.05) is 24.5 Å². The van der Waals surface area contributed by atoms with E-state index >= 15 is 0 Å². The Morgan fingerprint density at radius 1 is 1.16 bits per heavy atom. The average molecular weight is 359 g/mol. The molecule has 5 heteroatoms. The van der Waals surface area contributed by atoms with E-state index in [9.17, 15) is 4.79 Å². The van der Waals surface area contributed by atoms with Gasteiger partial charge in [-0.1, -0.05) is 30.3 Å². The van der Waals surface area contributed by atoms with Crippen LogP contribution in [0, 0.1) is 5.92 Å². The van der Waals surface area contributed by atoms with Crippen LogP contribution in [0.15, 0.2) is 48.5 Å². The Hall–Kier alpha value is -2.04. The van der Waals surface area contributed by atoms with Crippen molar-refractivity contribution in [2.75, 3.05) is 23.8 Å². The fourth-order valence-electron chi connectivity index (χ4n) is 3.64. The lowest BCUT2D eigenvalue weighted by Crippen LogP contribution is -2.33. The molecule has 4 nitrogen and oxygen atoms in total. The van der Waals surface area contributed by atoms with Crippen LogP contribution in [0.1, 0.15) is 30.1 Å². The van der Waals surface area contributed by atoms with Crippen LogP contribution in [0.2, 0.25) is 0 Å². The van der Waals surface area contributed by atoms with Crippen molar-refractivity contribution >= 4 is 29.7 Å². The molecule has 1 fully saturated rings. The van der Waals surface area contributed by atoms with Crippen LogP contribution < -0.4 is 10.6 Å². The molecule has 2 N–H and O–H groups in total. The Morgan fingerprint density at radius 3 is 2.84 bits per heavy atom. The van der Waals surface area contributed by atoms with Gasteiger partial charge in [0.2, 0.25) is 5.91 Å². The molecule has 0 saturated carbocycles. The summed E-state index contributed by atoms with van der Waals surface area (Å²) < 4.78 is 5.94. The molecule has 2 aromatic carbocycles. The van der Waals surface area contributed by atoms with E-state index in [-0.39, 0.29) is 30.3 Å². The summed E-state index contributed by atoms with van der Waals surface area (Å²) in [5.74, 6) is -0.0954. The standard InChI is InChI=1S/C20H22N2O2.ClH/c23-20(22-16-8-9-18-15(13-16)10-11-21-18)17-7-4-12-24-19(17)14-5-2-1-3-6-14;/h1-3,5-6,8-9,13,17,19,21H,4,7,10-12H2,(H,22,23);1H. The zero-order chi connectivity index (χ0) is 16.4. The molecule has 4 rings (SSSR count). The van der Waals surface area contributed by atoms with Gasteiger partial charge in [0.1, 0.15) is 0 Å². The number of anilines is 2. The first kappa shape index (κ1) is 17.8. The molecule has 2 aromatic rings. The number of ether oxygens (including phenoxy) is 1. The summed E-state index contributed by atoms with van der Waals surface area (Å²) in [4.78, 5) is 12.8. The molecule has 1 amide bonds. The minimum Gasteiger partial charge on any atom is -0.384 e. The summed E-state index contributed by atoms with van der Waals surface area (Å²) in [6.07, 6.45) is 2.64. The smallest absolute Gasteiger partial charge is 0.230 e. The van der Waals surface area contributed by atoms with Gasteiger partial charge in [-0.2, -0.15) is 0 Å². The molecule has 2 atom stereocenters. The molecular formula is C20H23ClN2O2. The monoisotopic (exact) mass is 358 g/mol. The lowest BCUT2D eigenvalue weighted by atomic mass is 9.88. The first-order valence-electron chi connectivity index (χ1n) is 8.65. The highest BCUT2D eigenvalue weighted by molar-refractivity contribution is 5.93. The molecule has 0 aliphatic carbocycles. The molecule has 2 unspecified atom stereocenters. The van der Waals surface area contributed by atoms with Crippen LogP contribution in [0.3, 0.4) is 0 Å². The van der Waals surface area contributed by atoms with Crippen molar-refractivity contribution < 1.29 is 9.53 Å². The van der Waals surface area contributed by atoms with Crippen molar-refractivity contribution in [2.24, 2.45) is 5.92 Å². The third kappa shape index (κ3) is 3.80. The van der Waals surface area contributed by atoms with Gasteiger partial charge in [0.25, 0.3) is 0 Å². The minimum absolute atomic E-state index is 0. The molecule has 2 aliphatic rings. The lowest BCUT2D eigenvalue weighted by molar-refractivity contribution is -0.129. The van der Waals surface area contributed by atoms with E-state index in [0.717, 1.165) is 37.1 Å². The SMILES string of the molecule is Cl.O=C(Nc1ccc2c(c1)CCN2)C1CCCOC1c1ccccc1. The zero-order valence-electron chi connectivity index (χ0n) is 14.0. The number of hydrogen-bond donors (Lipinski definition) is 2. The van der Waals surface area contributed by atoms with Crippen molar-refractivity contribution in [3.8, 4) is 0 Å². The second-order valence-electron chi connectivity index (χ2n) is 6.49. The van der Waals surface area contributed by atoms with Crippen molar-refractivity contribution in [3.05, 3.63) is 59.7 Å². The first-order valence-corrected chi connectivity index (χ1v) is 8.65. The van der Waals surface area contributed by atoms with E-state index in [2.05, 4.69) is 16.7 Å². The molecular weight excluding hydrogens is 336 g/mol. The maximum Gasteiger partial charge on any atom is 0.230 e. The van der Waals surface area contributed by atoms with E-state index in [1.807, 2.05) is 42.5 Å². The fourth-order valence-corrected chi connectivity index (χ4v) is 3.64. The van der Waals surface area contributed by atoms with Crippen LogP contribution in [0.5, 0.6) is 0 Å². The maximum atomic E-state index is 12.8. The normalized spacial score (nSPS) is 21.6. The van der Waals surface area contributed by atoms with Gasteiger partial charge < -0.3 is 15.4 Å². The van der Waals surface area contributed by atoms with Crippen LogP contribution in [-0.2, 0) is 16.0 Å². The molecule has 132 valence electrons. The number of fused-ring (bicyclic) bond motifs is 1. The summed E-state index contributed by atoms with van der Waals surface area (Å²) in [5.41, 5.74) is 4.40. The van der Waals surface area contributed by atoms with Gasteiger partial charge in [-0.25, -0.2) is 0 Å². The van der Waals surface area contributed by atoms with Gasteiger partial charge in [0.05, 0.1) is 12.0 Å². The number of carbonyl (C=O) groups is 1. The van der Waals surface area contributed by atoms with Crippen molar-refractivity contribution in [3.63, 3.8) is 0 Å². The summed E-state index contributed by atoms with van der Waals surface area (Å²) in [7, 11) is 0. The molecule has 1 saturated heterocycles. The van der Waals surface area contributed by atoms with Crippen LogP contribution >= 0.6 is 12.4 Å². The Bertz CT molecular complexity index is 736. The molecule has 0 bridgehead atoms. The Balaban J connectivity index is 0.00000182. The Kier molecular flexibility index (Phi) is 5.61. The quantitative estimate of drug-likeness (QED) is 0.865. The number of carbonyl (C=O) groups excluding carboxylic acids is 1. The number of halogens is 1. The molecule has 0 spiro atoms. The predicted molar refractivity (Wildman–Crippen MR) is 102 cm³/mol. The highest BCUT2D eigenvalue weighted by Crippen LogP contribution is 2.34. The number of benzene rings is 2. The van der Waals surface area contributed by atoms with Gasteiger partial charge >= 0.3 is 0 Å². The van der Waals surface area contributed by atoms with Crippen LogP contribution in [0.4, 0.5) is 11.4 Å². The zero-order valence-corrected chi connectivity index (χ0v) is 14.9. The summed E-state index contributed by atoms with van der Waals surface area (Å²) >= 11 is 0. The summed E-state index contributed by atoms with van der Waals surface area (Å²) in [6.45, 7) is 1.69. The van der Waals surface area contributed by atoms with Gasteiger partial charge in [-0.05, 0) is 48.6 Å². The molecule has 0 radical (unpaired) electrons. The lowest BCUT2D eigenvalue weighted by Gasteiger charge is -2.31. The fraction of sp³-hybridized carbons (Fsp3) is 0.350. The molecule has 0 aromatic heterocycles. The second kappa shape index (κ2) is 7.89. The Labute approximate surface area is 154 Å². The molecule has 2 heterocycles. The Morgan fingerprint density at radius 2 is 2.00 bits per heavy atom. The highest BCUT2D eigenvalue weighted by atomic mass is 35.5. The van der Waals surface area contributed by atoms with Gasteiger partial charge in [0.15, 0.2) is 0 Å². The molecule has 25 heavy (non-hydrogen) atoms. The molecule has 2 aliphatic heterocycles. The maximum absolute atomic E-state index is 12.8. The first-order chi connectivity index (χ1) is 11.8. The average Bonchev–Trinajstić information content (AvgIpc) is 3.10. The van der Waals surface area contributed by atoms with Crippen molar-refractivity contribution in [1.29, 1.82) is 0 Å². The number of rotatable bonds is 3. The van der Waals surface area contributed by atoms with E-state index in [1.54, 1.807) is 0 Å². The van der Waals surface area contributed by atoms with E-state index in [0.29, 0.717) is 6.61 Å². The third-order valence-electron chi connectivity index (χ3n) is 4.87. The summed E-state index contributed by atoms with van der Waals surface area (Å²) in [5, 5.41) is 6.43. The number of amides is 1.